The summed E-state index contributed by atoms with van der Waals surface area (Å²) < 4.78 is 4.97. The predicted octanol–water partition coefficient (Wildman–Crippen LogP) is 3.55. The highest BCUT2D eigenvalue weighted by Crippen LogP contribution is 2.06. The van der Waals surface area contributed by atoms with E-state index in [4.69, 9.17) is 4.74 Å². The van der Waals surface area contributed by atoms with Gasteiger partial charge in [0.2, 0.25) is 0 Å². The predicted molar refractivity (Wildman–Crippen MR) is 54.4 cm³/mol. The van der Waals surface area contributed by atoms with Crippen LogP contribution < -0.4 is 0 Å². The van der Waals surface area contributed by atoms with E-state index < -0.39 is 0 Å². The molecular formula is C11H22O. The summed E-state index contributed by atoms with van der Waals surface area (Å²) in [5.74, 6) is 0. The molecule has 0 fully saturated rings. The molecule has 0 atom stereocenters. The van der Waals surface area contributed by atoms with E-state index in [1.165, 1.54) is 44.9 Å². The molecule has 0 N–H and O–H groups in total. The van der Waals surface area contributed by atoms with Crippen LogP contribution in [-0.2, 0) is 4.74 Å². The number of hydrogen-bond donors (Lipinski definition) is 0. The van der Waals surface area contributed by atoms with Gasteiger partial charge in [0, 0.05) is 13.7 Å². The van der Waals surface area contributed by atoms with E-state index >= 15 is 0 Å². The molecule has 0 amide bonds. The molecule has 0 aromatic rings. The summed E-state index contributed by atoms with van der Waals surface area (Å²) in [4.78, 5) is 0. The molecule has 0 rings (SSSR count). The quantitative estimate of drug-likeness (QED) is 0.380. The summed E-state index contributed by atoms with van der Waals surface area (Å²) in [5, 5.41) is 0. The normalized spacial score (nSPS) is 10.1. The van der Waals surface area contributed by atoms with E-state index in [9.17, 15) is 0 Å². The van der Waals surface area contributed by atoms with Crippen LogP contribution in [-0.4, -0.2) is 13.7 Å². The highest BCUT2D eigenvalue weighted by atomic mass is 16.5. The summed E-state index contributed by atoms with van der Waals surface area (Å²) in [6, 6.07) is 0. The average molecular weight is 170 g/mol. The largest absolute Gasteiger partial charge is 0.385 e. The first-order valence-electron chi connectivity index (χ1n) is 5.01. The number of methoxy groups -OCH3 is 1. The number of allylic oxidation sites excluding steroid dienone is 1. The van der Waals surface area contributed by atoms with Crippen LogP contribution in [0.25, 0.3) is 0 Å². The maximum atomic E-state index is 4.97. The van der Waals surface area contributed by atoms with E-state index in [1.54, 1.807) is 7.11 Å². The minimum absolute atomic E-state index is 0.923. The highest BCUT2D eigenvalue weighted by molar-refractivity contribution is 4.65. The monoisotopic (exact) mass is 170 g/mol. The molecule has 0 aliphatic carbocycles. The van der Waals surface area contributed by atoms with Gasteiger partial charge in [-0.25, -0.2) is 0 Å². The third-order valence-corrected chi connectivity index (χ3v) is 2.01. The Morgan fingerprint density at radius 3 is 2.17 bits per heavy atom. The maximum Gasteiger partial charge on any atom is 0.0462 e. The van der Waals surface area contributed by atoms with Gasteiger partial charge in [-0.1, -0.05) is 31.8 Å². The van der Waals surface area contributed by atoms with Crippen molar-refractivity contribution in [3.8, 4) is 0 Å². The zero-order valence-corrected chi connectivity index (χ0v) is 8.35. The molecular weight excluding hydrogens is 148 g/mol. The second kappa shape index (κ2) is 10.7. The smallest absolute Gasteiger partial charge is 0.0462 e. The Morgan fingerprint density at radius 2 is 1.58 bits per heavy atom. The van der Waals surface area contributed by atoms with Gasteiger partial charge in [0.1, 0.15) is 0 Å². The first-order valence-corrected chi connectivity index (χ1v) is 5.01. The van der Waals surface area contributed by atoms with Crippen LogP contribution >= 0.6 is 0 Å². The fourth-order valence-electron chi connectivity index (χ4n) is 1.24. The molecule has 0 aromatic heterocycles. The lowest BCUT2D eigenvalue weighted by Gasteiger charge is -1.99. The van der Waals surface area contributed by atoms with Crippen molar-refractivity contribution in [1.29, 1.82) is 0 Å². The van der Waals surface area contributed by atoms with Gasteiger partial charge in [0.25, 0.3) is 0 Å². The van der Waals surface area contributed by atoms with E-state index in [-0.39, 0.29) is 0 Å². The summed E-state index contributed by atoms with van der Waals surface area (Å²) in [6.07, 6.45) is 11.1. The van der Waals surface area contributed by atoms with E-state index in [2.05, 4.69) is 6.58 Å². The van der Waals surface area contributed by atoms with Crippen molar-refractivity contribution >= 4 is 0 Å². The average Bonchev–Trinajstić information content (AvgIpc) is 2.10. The molecule has 0 aliphatic rings. The molecule has 0 aromatic carbocycles. The lowest BCUT2D eigenvalue weighted by Crippen LogP contribution is -1.88. The molecule has 1 nitrogen and oxygen atoms in total. The third-order valence-electron chi connectivity index (χ3n) is 2.01. The first-order chi connectivity index (χ1) is 5.91. The Labute approximate surface area is 76.8 Å². The van der Waals surface area contributed by atoms with Gasteiger partial charge < -0.3 is 4.74 Å². The van der Waals surface area contributed by atoms with Crippen LogP contribution in [0, 0.1) is 0 Å². The third kappa shape index (κ3) is 9.70. The molecule has 0 aliphatic heterocycles. The molecule has 0 radical (unpaired) electrons. The molecule has 0 heterocycles. The van der Waals surface area contributed by atoms with Gasteiger partial charge in [-0.3, -0.25) is 0 Å². The Hall–Kier alpha value is -0.300. The number of unbranched alkanes of at least 4 members (excludes halogenated alkanes) is 6. The van der Waals surface area contributed by atoms with Gasteiger partial charge >= 0.3 is 0 Å². The van der Waals surface area contributed by atoms with Crippen molar-refractivity contribution in [2.75, 3.05) is 13.7 Å². The fraction of sp³-hybridized carbons (Fsp3) is 0.818. The van der Waals surface area contributed by atoms with Gasteiger partial charge in [-0.2, -0.15) is 0 Å². The van der Waals surface area contributed by atoms with Gasteiger partial charge in [-0.05, 0) is 19.3 Å². The van der Waals surface area contributed by atoms with E-state index in [0.29, 0.717) is 0 Å². The first kappa shape index (κ1) is 11.7. The highest BCUT2D eigenvalue weighted by Gasteiger charge is 1.89. The maximum absolute atomic E-state index is 4.97. The molecule has 0 bridgehead atoms. The van der Waals surface area contributed by atoms with Crippen molar-refractivity contribution in [3.63, 3.8) is 0 Å². The summed E-state index contributed by atoms with van der Waals surface area (Å²) >= 11 is 0. The topological polar surface area (TPSA) is 9.23 Å². The molecule has 1 heteroatoms. The van der Waals surface area contributed by atoms with Crippen molar-refractivity contribution < 1.29 is 4.74 Å². The molecule has 0 saturated heterocycles. The van der Waals surface area contributed by atoms with Crippen molar-refractivity contribution in [2.45, 2.75) is 44.9 Å². The van der Waals surface area contributed by atoms with Crippen LogP contribution in [0.2, 0.25) is 0 Å². The number of ether oxygens (including phenoxy) is 1. The second-order valence-corrected chi connectivity index (χ2v) is 3.19. The zero-order chi connectivity index (χ0) is 9.07. The van der Waals surface area contributed by atoms with Crippen molar-refractivity contribution in [2.24, 2.45) is 0 Å². The van der Waals surface area contributed by atoms with Gasteiger partial charge in [0.05, 0.1) is 0 Å². The van der Waals surface area contributed by atoms with E-state index in [0.717, 1.165) is 6.61 Å². The number of hydrogen-bond acceptors (Lipinski definition) is 1. The minimum Gasteiger partial charge on any atom is -0.385 e. The Morgan fingerprint density at radius 1 is 1.00 bits per heavy atom. The molecule has 72 valence electrons. The fourth-order valence-corrected chi connectivity index (χ4v) is 1.24. The Balaban J connectivity index is 2.77. The second-order valence-electron chi connectivity index (χ2n) is 3.19. The number of rotatable bonds is 9. The lowest BCUT2D eigenvalue weighted by atomic mass is 10.1. The molecule has 0 unspecified atom stereocenters. The Bertz CT molecular complexity index is 89.0. The zero-order valence-electron chi connectivity index (χ0n) is 8.35. The van der Waals surface area contributed by atoms with Crippen LogP contribution in [0.4, 0.5) is 0 Å². The molecule has 12 heavy (non-hydrogen) atoms. The van der Waals surface area contributed by atoms with Gasteiger partial charge in [0.15, 0.2) is 0 Å². The van der Waals surface area contributed by atoms with Crippen LogP contribution in [0.1, 0.15) is 44.9 Å². The van der Waals surface area contributed by atoms with Crippen LogP contribution in [0.3, 0.4) is 0 Å². The summed E-state index contributed by atoms with van der Waals surface area (Å²) in [5.41, 5.74) is 0. The van der Waals surface area contributed by atoms with Crippen molar-refractivity contribution in [3.05, 3.63) is 12.7 Å². The van der Waals surface area contributed by atoms with Crippen LogP contribution in [0.15, 0.2) is 12.7 Å². The lowest BCUT2D eigenvalue weighted by molar-refractivity contribution is 0.192. The van der Waals surface area contributed by atoms with Gasteiger partial charge in [-0.15, -0.1) is 6.58 Å². The van der Waals surface area contributed by atoms with E-state index in [1.807, 2.05) is 6.08 Å². The minimum atomic E-state index is 0.923. The van der Waals surface area contributed by atoms with Crippen LogP contribution in [0.5, 0.6) is 0 Å². The summed E-state index contributed by atoms with van der Waals surface area (Å²) in [6.45, 7) is 4.63. The Kier molecular flexibility index (Phi) is 10.4. The standard InChI is InChI=1S/C11H22O/c1-3-4-5-6-7-8-9-10-11-12-2/h3H,1,4-11H2,2H3. The molecule has 0 saturated carbocycles. The summed E-state index contributed by atoms with van der Waals surface area (Å²) in [7, 11) is 1.77. The van der Waals surface area contributed by atoms with Crippen molar-refractivity contribution in [1.82, 2.24) is 0 Å². The molecule has 0 spiro atoms. The SMILES string of the molecule is C=CCCCCCCCCOC.